The van der Waals surface area contributed by atoms with Gasteiger partial charge in [0.15, 0.2) is 12.3 Å². The van der Waals surface area contributed by atoms with Gasteiger partial charge >= 0.3 is 0 Å². The highest BCUT2D eigenvalue weighted by molar-refractivity contribution is 5.91. The highest BCUT2D eigenvalue weighted by atomic mass is 19.1. The number of amides is 1. The molecular formula is C19H16F2N2O4. The lowest BCUT2D eigenvalue weighted by Crippen LogP contribution is -2.23. The average Bonchev–Trinajstić information content (AvgIpc) is 3.15. The Morgan fingerprint density at radius 1 is 1.15 bits per heavy atom. The lowest BCUT2D eigenvalue weighted by atomic mass is 10.2. The van der Waals surface area contributed by atoms with Crippen LogP contribution in [0.2, 0.25) is 0 Å². The van der Waals surface area contributed by atoms with Crippen molar-refractivity contribution in [3.63, 3.8) is 0 Å². The van der Waals surface area contributed by atoms with Crippen LogP contribution in [0, 0.1) is 11.6 Å². The zero-order valence-corrected chi connectivity index (χ0v) is 14.4. The second-order valence-electron chi connectivity index (χ2n) is 5.51. The maximum Gasteiger partial charge on any atom is 0.273 e. The molecule has 140 valence electrons. The van der Waals surface area contributed by atoms with Crippen LogP contribution in [-0.4, -0.2) is 18.0 Å². The molecule has 0 aliphatic rings. The van der Waals surface area contributed by atoms with Crippen molar-refractivity contribution in [3.8, 4) is 11.5 Å². The normalized spacial score (nSPS) is 10.5. The molecule has 1 heterocycles. The highest BCUT2D eigenvalue weighted by Gasteiger charge is 2.13. The molecule has 2 aromatic carbocycles. The second-order valence-corrected chi connectivity index (χ2v) is 5.51. The topological polar surface area (TPSA) is 73.6 Å². The van der Waals surface area contributed by atoms with Gasteiger partial charge in [-0.25, -0.2) is 13.8 Å². The Morgan fingerprint density at radius 3 is 2.59 bits per heavy atom. The van der Waals surface area contributed by atoms with Gasteiger partial charge in [-0.3, -0.25) is 4.79 Å². The fourth-order valence-corrected chi connectivity index (χ4v) is 2.23. The average molecular weight is 374 g/mol. The summed E-state index contributed by atoms with van der Waals surface area (Å²) in [7, 11) is 1.57. The van der Waals surface area contributed by atoms with E-state index in [1.165, 1.54) is 12.3 Å². The van der Waals surface area contributed by atoms with E-state index in [1.807, 2.05) is 0 Å². The molecule has 1 amide bonds. The Kier molecular flexibility index (Phi) is 5.65. The third kappa shape index (κ3) is 4.81. The fraction of sp³-hybridized carbons (Fsp3) is 0.158. The smallest absolute Gasteiger partial charge is 0.273 e. The Hall–Kier alpha value is -3.42. The first-order valence-corrected chi connectivity index (χ1v) is 7.98. The molecule has 0 bridgehead atoms. The van der Waals surface area contributed by atoms with Gasteiger partial charge in [-0.05, 0) is 30.3 Å². The van der Waals surface area contributed by atoms with Crippen molar-refractivity contribution in [2.24, 2.45) is 0 Å². The predicted molar refractivity (Wildman–Crippen MR) is 91.4 cm³/mol. The first kappa shape index (κ1) is 18.4. The Morgan fingerprint density at radius 2 is 1.89 bits per heavy atom. The quantitative estimate of drug-likeness (QED) is 0.686. The molecule has 0 spiro atoms. The van der Waals surface area contributed by atoms with Crippen LogP contribution in [0.4, 0.5) is 8.78 Å². The number of aromatic nitrogens is 1. The zero-order valence-electron chi connectivity index (χ0n) is 14.4. The first-order valence-electron chi connectivity index (χ1n) is 7.98. The van der Waals surface area contributed by atoms with Crippen LogP contribution >= 0.6 is 0 Å². The molecule has 8 heteroatoms. The minimum absolute atomic E-state index is 0.0332. The fourth-order valence-electron chi connectivity index (χ4n) is 2.23. The number of nitrogens with one attached hydrogen (secondary N) is 1. The van der Waals surface area contributed by atoms with Crippen molar-refractivity contribution in [2.45, 2.75) is 13.2 Å². The number of methoxy groups -OCH3 is 1. The minimum atomic E-state index is -0.732. The molecule has 3 rings (SSSR count). The summed E-state index contributed by atoms with van der Waals surface area (Å²) in [6.45, 7) is -0.0678. The van der Waals surface area contributed by atoms with E-state index in [0.717, 1.165) is 12.1 Å². The number of carbonyl (C=O) groups excluding carboxylic acids is 1. The van der Waals surface area contributed by atoms with E-state index in [1.54, 1.807) is 31.4 Å². The predicted octanol–water partition coefficient (Wildman–Crippen LogP) is 3.47. The van der Waals surface area contributed by atoms with Crippen molar-refractivity contribution < 1.29 is 27.5 Å². The maximum atomic E-state index is 13.6. The minimum Gasteiger partial charge on any atom is -0.497 e. The molecule has 0 aliphatic heterocycles. The number of hydrogen-bond acceptors (Lipinski definition) is 5. The van der Waals surface area contributed by atoms with Crippen LogP contribution in [0.15, 0.2) is 53.1 Å². The number of nitrogens with zero attached hydrogens (tertiary/aromatic N) is 1. The largest absolute Gasteiger partial charge is 0.497 e. The molecule has 0 fully saturated rings. The van der Waals surface area contributed by atoms with E-state index >= 15 is 0 Å². The van der Waals surface area contributed by atoms with Crippen LogP contribution in [-0.2, 0) is 13.2 Å². The Bertz CT molecular complexity index is 926. The van der Waals surface area contributed by atoms with Crippen molar-refractivity contribution in [2.75, 3.05) is 7.11 Å². The lowest BCUT2D eigenvalue weighted by molar-refractivity contribution is 0.0945. The number of ether oxygens (including phenoxy) is 2. The lowest BCUT2D eigenvalue weighted by Gasteiger charge is -2.05. The molecule has 0 atom stereocenters. The molecular weight excluding hydrogens is 358 g/mol. The standard InChI is InChI=1S/C19H16F2N2O4/c1-25-14-4-6-15(7-5-14)26-11-18-23-17(10-27-18)19(24)22-9-12-2-3-13(20)8-16(12)21/h2-8,10H,9,11H2,1H3,(H,22,24). The summed E-state index contributed by atoms with van der Waals surface area (Å²) in [5.41, 5.74) is 0.196. The van der Waals surface area contributed by atoms with Crippen molar-refractivity contribution in [1.82, 2.24) is 10.3 Å². The third-order valence-corrected chi connectivity index (χ3v) is 3.66. The van der Waals surface area contributed by atoms with E-state index in [2.05, 4.69) is 10.3 Å². The first-order chi connectivity index (χ1) is 13.0. The molecule has 0 saturated carbocycles. The molecule has 3 aromatic rings. The number of rotatable bonds is 7. The van der Waals surface area contributed by atoms with Crippen molar-refractivity contribution in [3.05, 3.63) is 77.5 Å². The van der Waals surface area contributed by atoms with Gasteiger partial charge in [0, 0.05) is 18.2 Å². The highest BCUT2D eigenvalue weighted by Crippen LogP contribution is 2.18. The second kappa shape index (κ2) is 8.31. The summed E-state index contributed by atoms with van der Waals surface area (Å²) >= 11 is 0. The van der Waals surface area contributed by atoms with Gasteiger partial charge in [0.2, 0.25) is 5.89 Å². The van der Waals surface area contributed by atoms with Crippen LogP contribution in [0.3, 0.4) is 0 Å². The SMILES string of the molecule is COc1ccc(OCc2nc(C(=O)NCc3ccc(F)cc3F)co2)cc1. The number of benzene rings is 2. The van der Waals surface area contributed by atoms with E-state index in [9.17, 15) is 13.6 Å². The summed E-state index contributed by atoms with van der Waals surface area (Å²) in [6, 6.07) is 10.1. The van der Waals surface area contributed by atoms with Gasteiger partial charge in [0.05, 0.1) is 7.11 Å². The summed E-state index contributed by atoms with van der Waals surface area (Å²) in [6.07, 6.45) is 1.18. The molecule has 0 aliphatic carbocycles. The number of halogens is 2. The maximum absolute atomic E-state index is 13.6. The van der Waals surface area contributed by atoms with Crippen LogP contribution in [0.1, 0.15) is 21.9 Å². The molecule has 0 saturated heterocycles. The Labute approximate surface area is 153 Å². The van der Waals surface area contributed by atoms with E-state index < -0.39 is 17.5 Å². The van der Waals surface area contributed by atoms with Gasteiger partial charge < -0.3 is 19.2 Å². The molecule has 1 N–H and O–H groups in total. The van der Waals surface area contributed by atoms with Crippen LogP contribution in [0.25, 0.3) is 0 Å². The summed E-state index contributed by atoms with van der Waals surface area (Å²) in [5.74, 6) is -0.450. The van der Waals surface area contributed by atoms with Crippen molar-refractivity contribution in [1.29, 1.82) is 0 Å². The van der Waals surface area contributed by atoms with Gasteiger partial charge in [-0.1, -0.05) is 6.07 Å². The number of carbonyl (C=O) groups is 1. The van der Waals surface area contributed by atoms with Gasteiger partial charge in [0.25, 0.3) is 5.91 Å². The zero-order chi connectivity index (χ0) is 19.2. The van der Waals surface area contributed by atoms with E-state index in [0.29, 0.717) is 11.5 Å². The van der Waals surface area contributed by atoms with Crippen molar-refractivity contribution >= 4 is 5.91 Å². The van der Waals surface area contributed by atoms with Crippen LogP contribution in [0.5, 0.6) is 11.5 Å². The monoisotopic (exact) mass is 374 g/mol. The van der Waals surface area contributed by atoms with E-state index in [4.69, 9.17) is 13.9 Å². The number of hydrogen-bond donors (Lipinski definition) is 1. The van der Waals surface area contributed by atoms with Crippen LogP contribution < -0.4 is 14.8 Å². The molecule has 6 nitrogen and oxygen atoms in total. The summed E-state index contributed by atoms with van der Waals surface area (Å²) < 4.78 is 42.2. The summed E-state index contributed by atoms with van der Waals surface area (Å²) in [5, 5.41) is 2.50. The van der Waals surface area contributed by atoms with Gasteiger partial charge in [-0.2, -0.15) is 0 Å². The van der Waals surface area contributed by atoms with Gasteiger partial charge in [0.1, 0.15) is 29.4 Å². The Balaban J connectivity index is 1.53. The molecule has 0 unspecified atom stereocenters. The molecule has 27 heavy (non-hydrogen) atoms. The van der Waals surface area contributed by atoms with Gasteiger partial charge in [-0.15, -0.1) is 0 Å². The van der Waals surface area contributed by atoms with E-state index in [-0.39, 0.29) is 30.3 Å². The molecule has 0 radical (unpaired) electrons. The summed E-state index contributed by atoms with van der Waals surface area (Å²) in [4.78, 5) is 16.1. The number of oxazole rings is 1. The molecule has 1 aromatic heterocycles. The third-order valence-electron chi connectivity index (χ3n) is 3.66.